The van der Waals surface area contributed by atoms with Crippen molar-refractivity contribution < 1.29 is 13.6 Å². The number of hydrogen-bond acceptors (Lipinski definition) is 2. The monoisotopic (exact) mass is 359 g/mol. The van der Waals surface area contributed by atoms with Crippen molar-refractivity contribution in [3.63, 3.8) is 0 Å². The van der Waals surface area contributed by atoms with Crippen LogP contribution in [0.15, 0.2) is 42.5 Å². The normalized spacial score (nSPS) is 11.1. The zero-order chi connectivity index (χ0) is 18.9. The zero-order valence-electron chi connectivity index (χ0n) is 15.6. The molecule has 0 N–H and O–H groups in total. The van der Waals surface area contributed by atoms with E-state index >= 15 is 0 Å². The first kappa shape index (κ1) is 20.2. The predicted molar refractivity (Wildman–Crippen MR) is 102 cm³/mol. The van der Waals surface area contributed by atoms with E-state index < -0.39 is 17.4 Å². The number of rotatable bonds is 10. The SMILES string of the molecule is CN(C)CCCCCCCc1ccc(C(=O)c2ccc(F)cc2F)cc1. The van der Waals surface area contributed by atoms with Crippen LogP contribution in [-0.4, -0.2) is 31.3 Å². The second kappa shape index (κ2) is 10.2. The van der Waals surface area contributed by atoms with E-state index in [1.165, 1.54) is 37.3 Å². The van der Waals surface area contributed by atoms with E-state index in [1.54, 1.807) is 12.1 Å². The zero-order valence-corrected chi connectivity index (χ0v) is 15.6. The molecule has 0 fully saturated rings. The summed E-state index contributed by atoms with van der Waals surface area (Å²) < 4.78 is 26.7. The summed E-state index contributed by atoms with van der Waals surface area (Å²) in [5, 5.41) is 0. The third-order valence-corrected chi connectivity index (χ3v) is 4.46. The Kier molecular flexibility index (Phi) is 7.92. The van der Waals surface area contributed by atoms with Gasteiger partial charge in [-0.3, -0.25) is 4.79 Å². The molecule has 2 aromatic carbocycles. The molecule has 0 aliphatic rings. The van der Waals surface area contributed by atoms with Crippen molar-refractivity contribution in [2.75, 3.05) is 20.6 Å². The molecule has 0 atom stereocenters. The fourth-order valence-corrected chi connectivity index (χ4v) is 2.94. The van der Waals surface area contributed by atoms with Gasteiger partial charge in [0, 0.05) is 11.6 Å². The lowest BCUT2D eigenvalue weighted by Gasteiger charge is -2.08. The van der Waals surface area contributed by atoms with Gasteiger partial charge in [-0.25, -0.2) is 8.78 Å². The summed E-state index contributed by atoms with van der Waals surface area (Å²) in [6.07, 6.45) is 7.05. The summed E-state index contributed by atoms with van der Waals surface area (Å²) in [6.45, 7) is 1.14. The first-order valence-corrected chi connectivity index (χ1v) is 9.21. The average Bonchev–Trinajstić information content (AvgIpc) is 2.60. The summed E-state index contributed by atoms with van der Waals surface area (Å²) in [6, 6.07) is 10.3. The van der Waals surface area contributed by atoms with Gasteiger partial charge in [-0.15, -0.1) is 0 Å². The summed E-state index contributed by atoms with van der Waals surface area (Å²) in [7, 11) is 4.19. The second-order valence-electron chi connectivity index (χ2n) is 6.97. The summed E-state index contributed by atoms with van der Waals surface area (Å²) in [5.41, 5.74) is 1.49. The molecule has 4 heteroatoms. The fraction of sp³-hybridized carbons (Fsp3) is 0.409. The van der Waals surface area contributed by atoms with Gasteiger partial charge in [0.05, 0.1) is 5.56 Å². The first-order valence-electron chi connectivity index (χ1n) is 9.21. The van der Waals surface area contributed by atoms with Crippen molar-refractivity contribution in [1.82, 2.24) is 4.90 Å². The van der Waals surface area contributed by atoms with Crippen molar-refractivity contribution in [3.8, 4) is 0 Å². The van der Waals surface area contributed by atoms with E-state index in [4.69, 9.17) is 0 Å². The highest BCUT2D eigenvalue weighted by Gasteiger charge is 2.14. The topological polar surface area (TPSA) is 20.3 Å². The van der Waals surface area contributed by atoms with Crippen LogP contribution in [0.3, 0.4) is 0 Å². The average molecular weight is 359 g/mol. The second-order valence-corrected chi connectivity index (χ2v) is 6.97. The lowest BCUT2D eigenvalue weighted by Crippen LogP contribution is -2.12. The maximum atomic E-state index is 13.7. The Bertz CT molecular complexity index is 711. The number of hydrogen-bond donors (Lipinski definition) is 0. The lowest BCUT2D eigenvalue weighted by atomic mass is 9.99. The molecule has 0 bridgehead atoms. The highest BCUT2D eigenvalue weighted by atomic mass is 19.1. The summed E-state index contributed by atoms with van der Waals surface area (Å²) in [5.74, 6) is -1.93. The predicted octanol–water partition coefficient (Wildman–Crippen LogP) is 5.25. The van der Waals surface area contributed by atoms with Gasteiger partial charge in [0.2, 0.25) is 0 Å². The van der Waals surface area contributed by atoms with E-state index in [1.807, 2.05) is 12.1 Å². The number of nitrogens with zero attached hydrogens (tertiary/aromatic N) is 1. The van der Waals surface area contributed by atoms with Gasteiger partial charge >= 0.3 is 0 Å². The minimum atomic E-state index is -0.826. The quantitative estimate of drug-likeness (QED) is 0.426. The summed E-state index contributed by atoms with van der Waals surface area (Å²) in [4.78, 5) is 14.5. The standard InChI is InChI=1S/C22H27F2NO/c1-25(2)15-7-5-3-4-6-8-17-9-11-18(12-10-17)22(26)20-14-13-19(23)16-21(20)24/h9-14,16H,3-8,15H2,1-2H3. The van der Waals surface area contributed by atoms with Crippen molar-refractivity contribution in [1.29, 1.82) is 0 Å². The molecule has 0 saturated carbocycles. The molecule has 0 spiro atoms. The molecule has 2 rings (SSSR count). The van der Waals surface area contributed by atoms with Crippen LogP contribution < -0.4 is 0 Å². The third kappa shape index (κ3) is 6.34. The van der Waals surface area contributed by atoms with E-state index in [0.29, 0.717) is 5.56 Å². The molecular weight excluding hydrogens is 332 g/mol. The molecule has 2 aromatic rings. The van der Waals surface area contributed by atoms with Crippen molar-refractivity contribution in [2.24, 2.45) is 0 Å². The number of benzene rings is 2. The maximum Gasteiger partial charge on any atom is 0.195 e. The molecule has 0 amide bonds. The van der Waals surface area contributed by atoms with Crippen molar-refractivity contribution in [3.05, 3.63) is 70.8 Å². The van der Waals surface area contributed by atoms with Gasteiger partial charge in [-0.1, -0.05) is 43.5 Å². The smallest absolute Gasteiger partial charge is 0.195 e. The van der Waals surface area contributed by atoms with Gasteiger partial charge in [-0.05, 0) is 57.6 Å². The molecule has 0 aliphatic heterocycles. The molecule has 0 saturated heterocycles. The van der Waals surface area contributed by atoms with Crippen LogP contribution >= 0.6 is 0 Å². The highest BCUT2D eigenvalue weighted by molar-refractivity contribution is 6.09. The van der Waals surface area contributed by atoms with Crippen LogP contribution in [-0.2, 0) is 6.42 Å². The number of unbranched alkanes of at least 4 members (excludes halogenated alkanes) is 4. The van der Waals surface area contributed by atoms with Gasteiger partial charge in [0.1, 0.15) is 11.6 Å². The number of aryl methyl sites for hydroxylation is 1. The Labute approximate surface area is 154 Å². The third-order valence-electron chi connectivity index (χ3n) is 4.46. The van der Waals surface area contributed by atoms with E-state index in [2.05, 4.69) is 19.0 Å². The van der Waals surface area contributed by atoms with Crippen LogP contribution in [0.2, 0.25) is 0 Å². The Morgan fingerprint density at radius 2 is 1.54 bits per heavy atom. The van der Waals surface area contributed by atoms with Crippen LogP contribution in [0.1, 0.15) is 53.6 Å². The molecule has 140 valence electrons. The highest BCUT2D eigenvalue weighted by Crippen LogP contribution is 2.16. The van der Waals surface area contributed by atoms with Crippen molar-refractivity contribution in [2.45, 2.75) is 38.5 Å². The molecule has 0 aliphatic carbocycles. The number of carbonyl (C=O) groups excluding carboxylic acids is 1. The van der Waals surface area contributed by atoms with Crippen LogP contribution in [0, 0.1) is 11.6 Å². The largest absolute Gasteiger partial charge is 0.309 e. The van der Waals surface area contributed by atoms with Gasteiger partial charge in [-0.2, -0.15) is 0 Å². The van der Waals surface area contributed by atoms with Gasteiger partial charge < -0.3 is 4.90 Å². The minimum Gasteiger partial charge on any atom is -0.309 e. The molecule has 0 radical (unpaired) electrons. The number of carbonyl (C=O) groups is 1. The number of ketones is 1. The first-order chi connectivity index (χ1) is 12.5. The van der Waals surface area contributed by atoms with Gasteiger partial charge in [0.25, 0.3) is 0 Å². The van der Waals surface area contributed by atoms with Crippen LogP contribution in [0.4, 0.5) is 8.78 Å². The van der Waals surface area contributed by atoms with E-state index in [9.17, 15) is 13.6 Å². The molecule has 26 heavy (non-hydrogen) atoms. The molecule has 0 aromatic heterocycles. The van der Waals surface area contributed by atoms with Crippen LogP contribution in [0.25, 0.3) is 0 Å². The van der Waals surface area contributed by atoms with E-state index in [-0.39, 0.29) is 5.56 Å². The Hall–Kier alpha value is -2.07. The maximum absolute atomic E-state index is 13.7. The lowest BCUT2D eigenvalue weighted by molar-refractivity contribution is 0.103. The molecule has 0 heterocycles. The van der Waals surface area contributed by atoms with Gasteiger partial charge in [0.15, 0.2) is 5.78 Å². The fourth-order valence-electron chi connectivity index (χ4n) is 2.94. The van der Waals surface area contributed by atoms with E-state index in [0.717, 1.165) is 31.5 Å². The summed E-state index contributed by atoms with van der Waals surface area (Å²) >= 11 is 0. The molecular formula is C22H27F2NO. The van der Waals surface area contributed by atoms with Crippen molar-refractivity contribution >= 4 is 5.78 Å². The Morgan fingerprint density at radius 3 is 2.19 bits per heavy atom. The molecule has 0 unspecified atom stereocenters. The molecule has 2 nitrogen and oxygen atoms in total. The minimum absolute atomic E-state index is 0.100. The number of halogens is 2. The Morgan fingerprint density at radius 1 is 0.885 bits per heavy atom. The van der Waals surface area contributed by atoms with Crippen LogP contribution in [0.5, 0.6) is 0 Å². The Balaban J connectivity index is 1.80.